The Morgan fingerprint density at radius 1 is 1.21 bits per heavy atom. The van der Waals surface area contributed by atoms with Crippen molar-refractivity contribution in [1.82, 2.24) is 35.0 Å². The molecule has 2 aromatic rings. The largest absolute Gasteiger partial charge is 0.361 e. The molecule has 1 aliphatic rings. The Morgan fingerprint density at radius 3 is 2.55 bits per heavy atom. The number of hydrogen-bond donors (Lipinski definition) is 1. The summed E-state index contributed by atoms with van der Waals surface area (Å²) in [6.07, 6.45) is 2.29. The highest BCUT2D eigenvalue weighted by atomic mass is 127. The summed E-state index contributed by atoms with van der Waals surface area (Å²) in [5.74, 6) is 3.61. The van der Waals surface area contributed by atoms with Crippen LogP contribution in [0, 0.1) is 13.8 Å². The lowest BCUT2D eigenvalue weighted by Gasteiger charge is -2.36. The zero-order valence-corrected chi connectivity index (χ0v) is 20.2. The molecule has 0 amide bonds. The van der Waals surface area contributed by atoms with Gasteiger partial charge in [0.25, 0.3) is 0 Å². The Hall–Kier alpha value is -1.69. The molecule has 2 aromatic heterocycles. The normalized spacial score (nSPS) is 15.4. The van der Waals surface area contributed by atoms with E-state index in [2.05, 4.69) is 37.4 Å². The highest BCUT2D eigenvalue weighted by Crippen LogP contribution is 2.10. The highest BCUT2D eigenvalue weighted by molar-refractivity contribution is 14.0. The monoisotopic (exact) mass is 516 g/mol. The van der Waals surface area contributed by atoms with Crippen LogP contribution < -0.4 is 5.32 Å². The summed E-state index contributed by atoms with van der Waals surface area (Å²) in [6.45, 7) is 12.2. The predicted octanol–water partition coefficient (Wildman–Crippen LogP) is 2.10. The minimum absolute atomic E-state index is 0. The number of nitrogens with zero attached hydrogens (tertiary/aromatic N) is 7. The van der Waals surface area contributed by atoms with Gasteiger partial charge in [0.1, 0.15) is 18.1 Å². The number of aryl methyl sites for hydroxylation is 2. The lowest BCUT2D eigenvalue weighted by molar-refractivity contribution is 0.168. The van der Waals surface area contributed by atoms with Crippen LogP contribution in [0.5, 0.6) is 0 Å². The molecule has 1 saturated heterocycles. The van der Waals surface area contributed by atoms with Gasteiger partial charge in [0.15, 0.2) is 11.8 Å². The predicted molar refractivity (Wildman–Crippen MR) is 123 cm³/mol. The van der Waals surface area contributed by atoms with Gasteiger partial charge >= 0.3 is 0 Å². The molecule has 0 atom stereocenters. The van der Waals surface area contributed by atoms with E-state index in [9.17, 15) is 0 Å². The number of nitrogens with one attached hydrogen (secondary N) is 1. The molecule has 3 rings (SSSR count). The molecule has 1 fully saturated rings. The Bertz CT molecular complexity index is 779. The maximum atomic E-state index is 5.18. The number of guanidine groups is 1. The van der Waals surface area contributed by atoms with Crippen LogP contribution in [0.2, 0.25) is 0 Å². The summed E-state index contributed by atoms with van der Waals surface area (Å²) in [7, 11) is 1.98. The second kappa shape index (κ2) is 11.5. The lowest BCUT2D eigenvalue weighted by atomic mass is 10.3. The first-order valence-corrected chi connectivity index (χ1v) is 10.1. The quantitative estimate of drug-likeness (QED) is 0.261. The Morgan fingerprint density at radius 2 is 1.97 bits per heavy atom. The molecule has 0 radical (unpaired) electrons. The topological polar surface area (TPSA) is 87.6 Å². The standard InChI is InChI=1S/C19H32N8O.HI/c1-5-6-7-20-19(21-13-18-23-22-16(3)25(18)4)27-10-8-26(9-11-27)14-17-12-15(2)28-24-17;/h12H,5-11,13-14H2,1-4H3,(H,20,21);1H. The molecule has 0 saturated carbocycles. The molecule has 0 aromatic carbocycles. The Kier molecular flexibility index (Phi) is 9.34. The number of aliphatic imine (C=N–C) groups is 1. The van der Waals surface area contributed by atoms with Gasteiger partial charge in [-0.05, 0) is 20.3 Å². The van der Waals surface area contributed by atoms with Gasteiger partial charge in [-0.15, -0.1) is 34.2 Å². The van der Waals surface area contributed by atoms with Crippen LogP contribution in [0.1, 0.15) is 42.9 Å². The Labute approximate surface area is 189 Å². The van der Waals surface area contributed by atoms with Gasteiger partial charge in [-0.3, -0.25) is 4.90 Å². The second-order valence-electron chi connectivity index (χ2n) is 7.33. The molecule has 0 unspecified atom stereocenters. The first kappa shape index (κ1) is 23.6. The third-order valence-electron chi connectivity index (χ3n) is 5.10. The number of hydrogen-bond acceptors (Lipinski definition) is 6. The van der Waals surface area contributed by atoms with Crippen molar-refractivity contribution < 1.29 is 4.52 Å². The summed E-state index contributed by atoms with van der Waals surface area (Å²) < 4.78 is 7.17. The van der Waals surface area contributed by atoms with E-state index < -0.39 is 0 Å². The van der Waals surface area contributed by atoms with E-state index in [1.807, 2.05) is 31.5 Å². The van der Waals surface area contributed by atoms with E-state index in [4.69, 9.17) is 9.52 Å². The number of unbranched alkanes of at least 4 members (excludes halogenated alkanes) is 1. The molecule has 29 heavy (non-hydrogen) atoms. The molecule has 0 spiro atoms. The molecule has 0 aliphatic carbocycles. The van der Waals surface area contributed by atoms with E-state index >= 15 is 0 Å². The van der Waals surface area contributed by atoms with Crippen molar-refractivity contribution in [3.8, 4) is 0 Å². The smallest absolute Gasteiger partial charge is 0.194 e. The molecule has 1 N–H and O–H groups in total. The first-order valence-electron chi connectivity index (χ1n) is 10.1. The van der Waals surface area contributed by atoms with Crippen molar-refractivity contribution in [2.75, 3.05) is 32.7 Å². The van der Waals surface area contributed by atoms with Crippen LogP contribution in [0.25, 0.3) is 0 Å². The number of aromatic nitrogens is 4. The van der Waals surface area contributed by atoms with E-state index in [1.165, 1.54) is 0 Å². The summed E-state index contributed by atoms with van der Waals surface area (Å²) in [5.41, 5.74) is 0.999. The first-order chi connectivity index (χ1) is 13.6. The fraction of sp³-hybridized carbons (Fsp3) is 0.684. The van der Waals surface area contributed by atoms with Crippen molar-refractivity contribution in [2.24, 2.45) is 12.0 Å². The van der Waals surface area contributed by atoms with E-state index in [-0.39, 0.29) is 24.0 Å². The third kappa shape index (κ3) is 6.66. The van der Waals surface area contributed by atoms with Crippen molar-refractivity contribution in [3.63, 3.8) is 0 Å². The van der Waals surface area contributed by atoms with Gasteiger partial charge in [0.05, 0.1) is 5.69 Å². The second-order valence-corrected chi connectivity index (χ2v) is 7.33. The fourth-order valence-electron chi connectivity index (χ4n) is 3.22. The number of rotatable bonds is 7. The molecule has 3 heterocycles. The summed E-state index contributed by atoms with van der Waals surface area (Å²) in [6, 6.07) is 2.01. The minimum Gasteiger partial charge on any atom is -0.361 e. The minimum atomic E-state index is 0. The molecule has 0 bridgehead atoms. The number of halogens is 1. The molecule has 162 valence electrons. The Balaban J connectivity index is 0.00000300. The molecule has 10 heteroatoms. The van der Waals surface area contributed by atoms with Crippen molar-refractivity contribution in [3.05, 3.63) is 29.2 Å². The van der Waals surface area contributed by atoms with Crippen LogP contribution in [-0.2, 0) is 20.1 Å². The van der Waals surface area contributed by atoms with Crippen LogP contribution in [-0.4, -0.2) is 68.4 Å². The summed E-state index contributed by atoms with van der Waals surface area (Å²) >= 11 is 0. The van der Waals surface area contributed by atoms with Gasteiger partial charge in [-0.2, -0.15) is 0 Å². The fourth-order valence-corrected chi connectivity index (χ4v) is 3.22. The van der Waals surface area contributed by atoms with Crippen LogP contribution in [0.3, 0.4) is 0 Å². The average molecular weight is 516 g/mol. The average Bonchev–Trinajstić information content (AvgIpc) is 3.24. The van der Waals surface area contributed by atoms with Crippen LogP contribution >= 0.6 is 24.0 Å². The van der Waals surface area contributed by atoms with Crippen LogP contribution in [0.15, 0.2) is 15.6 Å². The van der Waals surface area contributed by atoms with Gasteiger partial charge in [0.2, 0.25) is 0 Å². The maximum absolute atomic E-state index is 5.18. The molecular formula is C19H33IN8O. The van der Waals surface area contributed by atoms with E-state index in [1.54, 1.807) is 0 Å². The van der Waals surface area contributed by atoms with Gasteiger partial charge < -0.3 is 19.3 Å². The van der Waals surface area contributed by atoms with Gasteiger partial charge in [0, 0.05) is 52.4 Å². The lowest BCUT2D eigenvalue weighted by Crippen LogP contribution is -2.52. The molecular weight excluding hydrogens is 483 g/mol. The summed E-state index contributed by atoms with van der Waals surface area (Å²) in [5, 5.41) is 16.0. The zero-order chi connectivity index (χ0) is 19.9. The van der Waals surface area contributed by atoms with E-state index in [0.29, 0.717) is 6.54 Å². The van der Waals surface area contributed by atoms with Gasteiger partial charge in [-0.1, -0.05) is 18.5 Å². The third-order valence-corrected chi connectivity index (χ3v) is 5.10. The van der Waals surface area contributed by atoms with Gasteiger partial charge in [-0.25, -0.2) is 4.99 Å². The van der Waals surface area contributed by atoms with E-state index in [0.717, 1.165) is 81.2 Å². The zero-order valence-electron chi connectivity index (χ0n) is 17.9. The van der Waals surface area contributed by atoms with Crippen molar-refractivity contribution in [1.29, 1.82) is 0 Å². The maximum Gasteiger partial charge on any atom is 0.194 e. The van der Waals surface area contributed by atoms with Crippen molar-refractivity contribution in [2.45, 2.75) is 46.7 Å². The molecule has 9 nitrogen and oxygen atoms in total. The van der Waals surface area contributed by atoms with Crippen molar-refractivity contribution >= 4 is 29.9 Å². The van der Waals surface area contributed by atoms with Crippen LogP contribution in [0.4, 0.5) is 0 Å². The summed E-state index contributed by atoms with van der Waals surface area (Å²) in [4.78, 5) is 9.58. The number of piperazine rings is 1. The molecule has 1 aliphatic heterocycles. The SMILES string of the molecule is CCCCNC(=NCc1nnc(C)n1C)N1CCN(Cc2cc(C)on2)CC1.I. The highest BCUT2D eigenvalue weighted by Gasteiger charge is 2.21.